The Morgan fingerprint density at radius 1 is 1.32 bits per heavy atom. The Morgan fingerprint density at radius 2 is 2.11 bits per heavy atom. The molecule has 1 aliphatic rings. The maximum absolute atomic E-state index is 13.2. The highest BCUT2D eigenvalue weighted by Gasteiger charge is 2.23. The van der Waals surface area contributed by atoms with E-state index >= 15 is 0 Å². The van der Waals surface area contributed by atoms with Crippen LogP contribution < -0.4 is 0 Å². The molecular formula is C15H20ClF2N. The summed E-state index contributed by atoms with van der Waals surface area (Å²) >= 11 is 6.36. The van der Waals surface area contributed by atoms with E-state index in [0.717, 1.165) is 19.0 Å². The molecule has 19 heavy (non-hydrogen) atoms. The molecule has 106 valence electrons. The number of hydrogen-bond acceptors (Lipinski definition) is 1. The Balaban J connectivity index is 2.02. The molecule has 0 saturated carbocycles. The molecule has 0 aliphatic carbocycles. The molecule has 0 bridgehead atoms. The normalized spacial score (nSPS) is 22.4. The van der Waals surface area contributed by atoms with Crippen LogP contribution in [0.25, 0.3) is 0 Å². The van der Waals surface area contributed by atoms with E-state index in [2.05, 4.69) is 11.8 Å². The first-order valence-electron chi connectivity index (χ1n) is 6.95. The molecule has 2 unspecified atom stereocenters. The molecule has 1 nitrogen and oxygen atoms in total. The molecule has 1 fully saturated rings. The molecule has 4 heteroatoms. The van der Waals surface area contributed by atoms with Gasteiger partial charge in [0.25, 0.3) is 0 Å². The average molecular weight is 288 g/mol. The van der Waals surface area contributed by atoms with Crippen LogP contribution in [-0.4, -0.2) is 24.0 Å². The molecule has 1 aromatic rings. The third-order valence-electron chi connectivity index (χ3n) is 3.92. The van der Waals surface area contributed by atoms with Crippen LogP contribution in [0.4, 0.5) is 8.78 Å². The minimum absolute atomic E-state index is 0.290. The fourth-order valence-corrected chi connectivity index (χ4v) is 3.09. The lowest BCUT2D eigenvalue weighted by Gasteiger charge is -2.36. The molecule has 0 N–H and O–H groups in total. The summed E-state index contributed by atoms with van der Waals surface area (Å²) < 4.78 is 26.1. The first-order valence-corrected chi connectivity index (χ1v) is 7.38. The van der Waals surface area contributed by atoms with Gasteiger partial charge in [-0.15, -0.1) is 11.6 Å². The summed E-state index contributed by atoms with van der Waals surface area (Å²) in [6.07, 6.45) is 4.78. The number of alkyl halides is 1. The highest BCUT2D eigenvalue weighted by molar-refractivity contribution is 6.21. The van der Waals surface area contributed by atoms with Crippen LogP contribution in [0.5, 0.6) is 0 Å². The van der Waals surface area contributed by atoms with Gasteiger partial charge in [0.2, 0.25) is 0 Å². The molecule has 1 heterocycles. The zero-order chi connectivity index (χ0) is 13.8. The van der Waals surface area contributed by atoms with Gasteiger partial charge >= 0.3 is 0 Å². The molecule has 0 radical (unpaired) electrons. The van der Waals surface area contributed by atoms with Gasteiger partial charge in [0.05, 0.1) is 5.38 Å². The molecule has 0 amide bonds. The Morgan fingerprint density at radius 3 is 2.79 bits per heavy atom. The minimum Gasteiger partial charge on any atom is -0.299 e. The van der Waals surface area contributed by atoms with Crippen LogP contribution in [0.2, 0.25) is 0 Å². The third-order valence-corrected chi connectivity index (χ3v) is 4.31. The lowest BCUT2D eigenvalue weighted by molar-refractivity contribution is 0.144. The van der Waals surface area contributed by atoms with Crippen molar-refractivity contribution < 1.29 is 8.78 Å². The number of hydrogen-bond donors (Lipinski definition) is 0. The van der Waals surface area contributed by atoms with Crippen molar-refractivity contribution in [2.24, 2.45) is 0 Å². The number of likely N-dealkylation sites (tertiary alicyclic amines) is 1. The minimum atomic E-state index is -0.825. The highest BCUT2D eigenvalue weighted by atomic mass is 35.5. The standard InChI is InChI=1S/C15H20ClF2N/c1-2-12-5-3-4-8-19(12)10-13(16)11-6-7-14(17)15(18)9-11/h6-7,9,12-13H,2-5,8,10H2,1H3. The molecule has 0 aromatic heterocycles. The summed E-state index contributed by atoms with van der Waals surface area (Å²) in [5, 5.41) is -0.290. The molecule has 2 atom stereocenters. The van der Waals surface area contributed by atoms with Gasteiger partial charge in [-0.1, -0.05) is 19.4 Å². The Bertz CT molecular complexity index is 425. The summed E-state index contributed by atoms with van der Waals surface area (Å²) in [6.45, 7) is 3.93. The summed E-state index contributed by atoms with van der Waals surface area (Å²) in [7, 11) is 0. The van der Waals surface area contributed by atoms with Gasteiger partial charge in [0.1, 0.15) is 0 Å². The second kappa shape index (κ2) is 6.67. The van der Waals surface area contributed by atoms with E-state index in [0.29, 0.717) is 18.2 Å². The van der Waals surface area contributed by atoms with Gasteiger partial charge < -0.3 is 0 Å². The predicted octanol–water partition coefficient (Wildman–Crippen LogP) is 4.51. The molecule has 1 saturated heterocycles. The van der Waals surface area contributed by atoms with Crippen LogP contribution in [0.15, 0.2) is 18.2 Å². The Kier molecular flexibility index (Phi) is 5.17. The number of benzene rings is 1. The van der Waals surface area contributed by atoms with Crippen LogP contribution >= 0.6 is 11.6 Å². The fraction of sp³-hybridized carbons (Fsp3) is 0.600. The zero-order valence-corrected chi connectivity index (χ0v) is 12.0. The molecule has 1 aromatic carbocycles. The van der Waals surface area contributed by atoms with Crippen LogP contribution in [0.3, 0.4) is 0 Å². The second-order valence-corrected chi connectivity index (χ2v) is 5.72. The van der Waals surface area contributed by atoms with Crippen molar-refractivity contribution in [2.45, 2.75) is 44.0 Å². The SMILES string of the molecule is CCC1CCCCN1CC(Cl)c1ccc(F)c(F)c1. The summed E-state index contributed by atoms with van der Waals surface area (Å²) in [4.78, 5) is 2.38. The number of nitrogens with zero attached hydrogens (tertiary/aromatic N) is 1. The fourth-order valence-electron chi connectivity index (χ4n) is 2.78. The van der Waals surface area contributed by atoms with E-state index in [4.69, 9.17) is 11.6 Å². The van der Waals surface area contributed by atoms with Crippen LogP contribution in [-0.2, 0) is 0 Å². The van der Waals surface area contributed by atoms with Gasteiger partial charge in [-0.3, -0.25) is 4.90 Å². The summed E-state index contributed by atoms with van der Waals surface area (Å²) in [6, 6.07) is 4.49. The van der Waals surface area contributed by atoms with Crippen LogP contribution in [0, 0.1) is 11.6 Å². The Hall–Kier alpha value is -0.670. The number of rotatable bonds is 4. The smallest absolute Gasteiger partial charge is 0.159 e. The monoisotopic (exact) mass is 287 g/mol. The summed E-state index contributed by atoms with van der Waals surface area (Å²) in [5.41, 5.74) is 0.654. The van der Waals surface area contributed by atoms with Crippen molar-refractivity contribution in [1.29, 1.82) is 0 Å². The topological polar surface area (TPSA) is 3.24 Å². The zero-order valence-electron chi connectivity index (χ0n) is 11.2. The van der Waals surface area contributed by atoms with E-state index in [9.17, 15) is 8.78 Å². The average Bonchev–Trinajstić information content (AvgIpc) is 2.42. The second-order valence-electron chi connectivity index (χ2n) is 5.19. The van der Waals surface area contributed by atoms with Gasteiger partial charge in [0, 0.05) is 12.6 Å². The van der Waals surface area contributed by atoms with Gasteiger partial charge in [-0.2, -0.15) is 0 Å². The van der Waals surface area contributed by atoms with Gasteiger partial charge in [-0.25, -0.2) is 8.78 Å². The van der Waals surface area contributed by atoms with E-state index < -0.39 is 11.6 Å². The third kappa shape index (κ3) is 3.67. The Labute approximate surface area is 118 Å². The van der Waals surface area contributed by atoms with Crippen molar-refractivity contribution in [2.75, 3.05) is 13.1 Å². The van der Waals surface area contributed by atoms with Crippen molar-refractivity contribution in [3.8, 4) is 0 Å². The summed E-state index contributed by atoms with van der Waals surface area (Å²) in [5.74, 6) is -1.65. The molecule has 0 spiro atoms. The number of halogens is 3. The number of piperidine rings is 1. The van der Waals surface area contributed by atoms with Crippen molar-refractivity contribution in [1.82, 2.24) is 4.90 Å². The van der Waals surface area contributed by atoms with Crippen molar-refractivity contribution in [3.63, 3.8) is 0 Å². The van der Waals surface area contributed by atoms with E-state index in [1.165, 1.54) is 25.3 Å². The van der Waals surface area contributed by atoms with E-state index in [1.54, 1.807) is 6.07 Å². The largest absolute Gasteiger partial charge is 0.299 e. The van der Waals surface area contributed by atoms with E-state index in [-0.39, 0.29) is 5.38 Å². The first-order chi connectivity index (χ1) is 9.11. The van der Waals surface area contributed by atoms with Crippen molar-refractivity contribution in [3.05, 3.63) is 35.4 Å². The highest BCUT2D eigenvalue weighted by Crippen LogP contribution is 2.27. The van der Waals surface area contributed by atoms with E-state index in [1.807, 2.05) is 0 Å². The molecule has 2 rings (SSSR count). The first kappa shape index (κ1) is 14.7. The molecular weight excluding hydrogens is 268 g/mol. The lowest BCUT2D eigenvalue weighted by atomic mass is 9.99. The lowest BCUT2D eigenvalue weighted by Crippen LogP contribution is -2.40. The maximum Gasteiger partial charge on any atom is 0.159 e. The van der Waals surface area contributed by atoms with Gasteiger partial charge in [-0.05, 0) is 43.5 Å². The molecule has 1 aliphatic heterocycles. The van der Waals surface area contributed by atoms with Gasteiger partial charge in [0.15, 0.2) is 11.6 Å². The predicted molar refractivity (Wildman–Crippen MR) is 74.5 cm³/mol. The maximum atomic E-state index is 13.2. The quantitative estimate of drug-likeness (QED) is 0.737. The van der Waals surface area contributed by atoms with Crippen LogP contribution in [0.1, 0.15) is 43.5 Å². The van der Waals surface area contributed by atoms with Crippen molar-refractivity contribution >= 4 is 11.6 Å².